The highest BCUT2D eigenvalue weighted by Crippen LogP contribution is 2.13. The number of halogens is 1. The van der Waals surface area contributed by atoms with Crippen molar-refractivity contribution in [3.05, 3.63) is 23.3 Å². The third-order valence-corrected chi connectivity index (χ3v) is 3.30. The summed E-state index contributed by atoms with van der Waals surface area (Å²) in [5.41, 5.74) is 0. The van der Waals surface area contributed by atoms with Crippen LogP contribution in [0.15, 0.2) is 23.3 Å². The van der Waals surface area contributed by atoms with E-state index in [9.17, 15) is 0 Å². The van der Waals surface area contributed by atoms with Gasteiger partial charge >= 0.3 is 0 Å². The Morgan fingerprint density at radius 2 is 2.15 bits per heavy atom. The molecule has 0 N–H and O–H groups in total. The van der Waals surface area contributed by atoms with Gasteiger partial charge in [-0.15, -0.1) is 0 Å². The van der Waals surface area contributed by atoms with Crippen LogP contribution < -0.4 is 0 Å². The lowest BCUT2D eigenvalue weighted by Gasteiger charge is -2.02. The molecule has 1 unspecified atom stereocenters. The van der Waals surface area contributed by atoms with E-state index in [1.165, 1.54) is 12.2 Å². The second-order valence-corrected chi connectivity index (χ2v) is 4.90. The van der Waals surface area contributed by atoms with Crippen molar-refractivity contribution >= 4 is 23.4 Å². The molecule has 0 radical (unpaired) electrons. The summed E-state index contributed by atoms with van der Waals surface area (Å²) in [5, 5.41) is 1.52. The van der Waals surface area contributed by atoms with Crippen LogP contribution in [0.2, 0.25) is 0 Å². The van der Waals surface area contributed by atoms with E-state index in [1.54, 1.807) is 0 Å². The maximum Gasteiger partial charge on any atom is 0.0201 e. The van der Waals surface area contributed by atoms with Gasteiger partial charge in [-0.05, 0) is 31.6 Å². The Kier molecular flexibility index (Phi) is 8.79. The van der Waals surface area contributed by atoms with Crippen molar-refractivity contribution in [2.24, 2.45) is 0 Å². The van der Waals surface area contributed by atoms with Crippen LogP contribution in [0.3, 0.4) is 0 Å². The molecule has 0 saturated carbocycles. The first kappa shape index (κ1) is 13.1. The van der Waals surface area contributed by atoms with Crippen LogP contribution in [0.25, 0.3) is 0 Å². The molecule has 0 nitrogen and oxygen atoms in total. The van der Waals surface area contributed by atoms with Gasteiger partial charge in [-0.3, -0.25) is 0 Å². The summed E-state index contributed by atoms with van der Waals surface area (Å²) in [4.78, 5) is 0. The van der Waals surface area contributed by atoms with Crippen molar-refractivity contribution in [1.82, 2.24) is 0 Å². The van der Waals surface area contributed by atoms with E-state index in [1.807, 2.05) is 17.8 Å². The van der Waals surface area contributed by atoms with Crippen molar-refractivity contribution < 1.29 is 0 Å². The zero-order valence-electron chi connectivity index (χ0n) is 8.72. The number of hydrogen-bond donors (Lipinski definition) is 0. The van der Waals surface area contributed by atoms with Gasteiger partial charge in [-0.25, -0.2) is 0 Å². The standard InChI is InChI=1S/C11H19ClS/c1-4-9-13-10(3)7-6-8-11(12)5-2/h6-8,10H,4-5,9H2,1-3H3. The summed E-state index contributed by atoms with van der Waals surface area (Å²) in [7, 11) is 0. The Morgan fingerprint density at radius 3 is 2.69 bits per heavy atom. The molecule has 0 amide bonds. The molecular weight excluding hydrogens is 200 g/mol. The molecule has 0 rings (SSSR count). The Balaban J connectivity index is 3.70. The van der Waals surface area contributed by atoms with E-state index in [2.05, 4.69) is 32.9 Å². The van der Waals surface area contributed by atoms with Crippen molar-refractivity contribution in [2.45, 2.75) is 38.9 Å². The first-order valence-corrected chi connectivity index (χ1v) is 6.27. The molecule has 0 spiro atoms. The average Bonchev–Trinajstić information content (AvgIpc) is 2.14. The maximum atomic E-state index is 5.86. The zero-order chi connectivity index (χ0) is 10.1. The minimum absolute atomic E-state index is 0.595. The minimum atomic E-state index is 0.595. The molecule has 0 aliphatic heterocycles. The maximum absolute atomic E-state index is 5.86. The molecule has 0 aromatic heterocycles. The highest BCUT2D eigenvalue weighted by molar-refractivity contribution is 8.00. The lowest BCUT2D eigenvalue weighted by molar-refractivity contribution is 1.09. The molecule has 1 atom stereocenters. The molecule has 0 aliphatic carbocycles. The van der Waals surface area contributed by atoms with Crippen molar-refractivity contribution in [3.8, 4) is 0 Å². The molecule has 13 heavy (non-hydrogen) atoms. The van der Waals surface area contributed by atoms with Crippen molar-refractivity contribution in [3.63, 3.8) is 0 Å². The fourth-order valence-corrected chi connectivity index (χ4v) is 1.68. The summed E-state index contributed by atoms with van der Waals surface area (Å²) >= 11 is 7.83. The van der Waals surface area contributed by atoms with Crippen LogP contribution >= 0.6 is 23.4 Å². The lowest BCUT2D eigenvalue weighted by atomic mass is 10.3. The Morgan fingerprint density at radius 1 is 1.46 bits per heavy atom. The molecular formula is C11H19ClS. The molecule has 0 aromatic rings. The van der Waals surface area contributed by atoms with E-state index >= 15 is 0 Å². The molecule has 0 heterocycles. The predicted octanol–water partition coefficient (Wildman–Crippen LogP) is 4.61. The highest BCUT2D eigenvalue weighted by Gasteiger charge is 1.94. The van der Waals surface area contributed by atoms with Gasteiger partial charge in [0.15, 0.2) is 0 Å². The molecule has 2 heteroatoms. The summed E-state index contributed by atoms with van der Waals surface area (Å²) in [6.45, 7) is 6.48. The van der Waals surface area contributed by atoms with Gasteiger partial charge in [0.25, 0.3) is 0 Å². The van der Waals surface area contributed by atoms with E-state index in [-0.39, 0.29) is 0 Å². The Bertz CT molecular complexity index is 173. The van der Waals surface area contributed by atoms with Crippen LogP contribution in [0.4, 0.5) is 0 Å². The van der Waals surface area contributed by atoms with Gasteiger partial charge in [-0.1, -0.05) is 37.6 Å². The van der Waals surface area contributed by atoms with Crippen LogP contribution in [-0.2, 0) is 0 Å². The topological polar surface area (TPSA) is 0 Å². The number of thioether (sulfide) groups is 1. The fraction of sp³-hybridized carbons (Fsp3) is 0.636. The third-order valence-electron chi connectivity index (χ3n) is 1.58. The molecule has 0 bridgehead atoms. The molecule has 0 aliphatic rings. The van der Waals surface area contributed by atoms with E-state index in [0.29, 0.717) is 5.25 Å². The second-order valence-electron chi connectivity index (χ2n) is 2.93. The van der Waals surface area contributed by atoms with Crippen LogP contribution in [-0.4, -0.2) is 11.0 Å². The van der Waals surface area contributed by atoms with Gasteiger partial charge < -0.3 is 0 Å². The monoisotopic (exact) mass is 218 g/mol. The van der Waals surface area contributed by atoms with E-state index in [0.717, 1.165) is 11.5 Å². The minimum Gasteiger partial charge on any atom is -0.155 e. The van der Waals surface area contributed by atoms with Crippen LogP contribution in [0.1, 0.15) is 33.6 Å². The summed E-state index contributed by atoms with van der Waals surface area (Å²) in [5.74, 6) is 1.23. The summed E-state index contributed by atoms with van der Waals surface area (Å²) in [6, 6.07) is 0. The van der Waals surface area contributed by atoms with Gasteiger partial charge in [0.2, 0.25) is 0 Å². The molecule has 76 valence electrons. The first-order chi connectivity index (χ1) is 6.20. The number of rotatable bonds is 6. The summed E-state index contributed by atoms with van der Waals surface area (Å²) < 4.78 is 0. The number of allylic oxidation sites excluding steroid dienone is 3. The van der Waals surface area contributed by atoms with E-state index in [4.69, 9.17) is 11.6 Å². The molecule has 0 saturated heterocycles. The lowest BCUT2D eigenvalue weighted by Crippen LogP contribution is -1.90. The Hall–Kier alpha value is 0.120. The van der Waals surface area contributed by atoms with Crippen LogP contribution in [0, 0.1) is 0 Å². The van der Waals surface area contributed by atoms with Gasteiger partial charge in [0.05, 0.1) is 0 Å². The first-order valence-electron chi connectivity index (χ1n) is 4.85. The fourth-order valence-electron chi connectivity index (χ4n) is 0.794. The molecule has 0 fully saturated rings. The van der Waals surface area contributed by atoms with Gasteiger partial charge in [0, 0.05) is 10.3 Å². The average molecular weight is 219 g/mol. The third kappa shape index (κ3) is 8.45. The molecule has 0 aromatic carbocycles. The summed E-state index contributed by atoms with van der Waals surface area (Å²) in [6.07, 6.45) is 8.39. The quantitative estimate of drug-likeness (QED) is 0.587. The number of hydrogen-bond acceptors (Lipinski definition) is 1. The van der Waals surface area contributed by atoms with E-state index < -0.39 is 0 Å². The normalized spacial score (nSPS) is 15.2. The van der Waals surface area contributed by atoms with Gasteiger partial charge in [-0.2, -0.15) is 11.8 Å². The van der Waals surface area contributed by atoms with Crippen molar-refractivity contribution in [1.29, 1.82) is 0 Å². The van der Waals surface area contributed by atoms with Crippen molar-refractivity contribution in [2.75, 3.05) is 5.75 Å². The SMILES string of the molecule is CCCSC(C)C=CC=C(Cl)CC. The van der Waals surface area contributed by atoms with Gasteiger partial charge in [0.1, 0.15) is 0 Å². The predicted molar refractivity (Wildman–Crippen MR) is 65.6 cm³/mol. The highest BCUT2D eigenvalue weighted by atomic mass is 35.5. The van der Waals surface area contributed by atoms with Crippen LogP contribution in [0.5, 0.6) is 0 Å². The Labute approximate surface area is 91.4 Å². The zero-order valence-corrected chi connectivity index (χ0v) is 10.3. The second kappa shape index (κ2) is 8.71. The largest absolute Gasteiger partial charge is 0.155 e. The smallest absolute Gasteiger partial charge is 0.0201 e.